The molecule has 1 aromatic carbocycles. The molecule has 3 rings (SSSR count). The molecule has 0 bridgehead atoms. The standard InChI is InChI=1S/C19H22FN3O2/c1-22-18(24)10-9-17(21-22)19(25)23-11-3-5-15(13-23)8-7-14-4-2-6-16(20)12-14/h2,4,6,9-10,12,15H,3,5,7-8,11,13H2,1H3/t15-/m0/s1. The average Bonchev–Trinajstić information content (AvgIpc) is 2.62. The van der Waals surface area contributed by atoms with Crippen LogP contribution in [0.25, 0.3) is 0 Å². The van der Waals surface area contributed by atoms with Crippen molar-refractivity contribution in [3.05, 3.63) is 63.8 Å². The number of benzene rings is 1. The molecule has 0 unspecified atom stereocenters. The third kappa shape index (κ3) is 4.32. The van der Waals surface area contributed by atoms with Crippen molar-refractivity contribution in [1.29, 1.82) is 0 Å². The summed E-state index contributed by atoms with van der Waals surface area (Å²) in [5.74, 6) is 0.0540. The van der Waals surface area contributed by atoms with Gasteiger partial charge in [-0.25, -0.2) is 9.07 Å². The molecule has 0 N–H and O–H groups in total. The lowest BCUT2D eigenvalue weighted by Gasteiger charge is -2.32. The van der Waals surface area contributed by atoms with Gasteiger partial charge < -0.3 is 4.90 Å². The molecular weight excluding hydrogens is 321 g/mol. The molecular formula is C19H22FN3O2. The zero-order valence-corrected chi connectivity index (χ0v) is 14.3. The number of carbonyl (C=O) groups excluding carboxylic acids is 1. The van der Waals surface area contributed by atoms with Crippen molar-refractivity contribution in [3.63, 3.8) is 0 Å². The van der Waals surface area contributed by atoms with Gasteiger partial charge in [-0.15, -0.1) is 0 Å². The van der Waals surface area contributed by atoms with E-state index in [9.17, 15) is 14.0 Å². The first-order chi connectivity index (χ1) is 12.0. The van der Waals surface area contributed by atoms with Gasteiger partial charge in [0, 0.05) is 26.2 Å². The highest BCUT2D eigenvalue weighted by molar-refractivity contribution is 5.92. The Morgan fingerprint density at radius 2 is 2.16 bits per heavy atom. The van der Waals surface area contributed by atoms with Crippen molar-refractivity contribution in [2.24, 2.45) is 13.0 Å². The number of rotatable bonds is 4. The first-order valence-electron chi connectivity index (χ1n) is 8.61. The lowest BCUT2D eigenvalue weighted by Crippen LogP contribution is -2.41. The number of likely N-dealkylation sites (tertiary alicyclic amines) is 1. The van der Waals surface area contributed by atoms with Gasteiger partial charge >= 0.3 is 0 Å². The summed E-state index contributed by atoms with van der Waals surface area (Å²) in [6, 6.07) is 9.54. The van der Waals surface area contributed by atoms with Gasteiger partial charge in [0.25, 0.3) is 11.5 Å². The van der Waals surface area contributed by atoms with Crippen molar-refractivity contribution >= 4 is 5.91 Å². The van der Waals surface area contributed by atoms with Crippen LogP contribution >= 0.6 is 0 Å². The molecule has 1 saturated heterocycles. The third-order valence-electron chi connectivity index (χ3n) is 4.72. The third-order valence-corrected chi connectivity index (χ3v) is 4.72. The Labute approximate surface area is 146 Å². The maximum atomic E-state index is 13.3. The van der Waals surface area contributed by atoms with Gasteiger partial charge in [0.05, 0.1) is 0 Å². The van der Waals surface area contributed by atoms with Crippen LogP contribution in [0.1, 0.15) is 35.3 Å². The van der Waals surface area contributed by atoms with E-state index in [4.69, 9.17) is 0 Å². The Hall–Kier alpha value is -2.50. The highest BCUT2D eigenvalue weighted by atomic mass is 19.1. The van der Waals surface area contributed by atoms with Crippen LogP contribution in [0, 0.1) is 11.7 Å². The van der Waals surface area contributed by atoms with E-state index in [0.29, 0.717) is 24.7 Å². The first-order valence-corrected chi connectivity index (χ1v) is 8.61. The van der Waals surface area contributed by atoms with Crippen LogP contribution in [-0.2, 0) is 13.5 Å². The van der Waals surface area contributed by atoms with Gasteiger partial charge in [0.2, 0.25) is 0 Å². The number of halogens is 1. The Bertz CT molecular complexity index is 818. The molecule has 1 aliphatic heterocycles. The maximum absolute atomic E-state index is 13.3. The molecule has 1 aromatic heterocycles. The summed E-state index contributed by atoms with van der Waals surface area (Å²) < 4.78 is 14.4. The molecule has 132 valence electrons. The van der Waals surface area contributed by atoms with Gasteiger partial charge in [0.1, 0.15) is 11.5 Å². The molecule has 0 radical (unpaired) electrons. The summed E-state index contributed by atoms with van der Waals surface area (Å²) in [6.45, 7) is 1.39. The van der Waals surface area contributed by atoms with E-state index in [-0.39, 0.29) is 17.3 Å². The Morgan fingerprint density at radius 3 is 2.92 bits per heavy atom. The summed E-state index contributed by atoms with van der Waals surface area (Å²) in [6.07, 6.45) is 3.75. The molecule has 0 saturated carbocycles. The summed E-state index contributed by atoms with van der Waals surface area (Å²) in [7, 11) is 1.54. The van der Waals surface area contributed by atoms with Crippen LogP contribution in [0.2, 0.25) is 0 Å². The summed E-state index contributed by atoms with van der Waals surface area (Å²) in [5, 5.41) is 4.05. The fraction of sp³-hybridized carbons (Fsp3) is 0.421. The minimum Gasteiger partial charge on any atom is -0.337 e. The van der Waals surface area contributed by atoms with Gasteiger partial charge in [-0.2, -0.15) is 5.10 Å². The van der Waals surface area contributed by atoms with Gasteiger partial charge in [-0.05, 0) is 55.4 Å². The fourth-order valence-corrected chi connectivity index (χ4v) is 3.33. The predicted molar refractivity (Wildman–Crippen MR) is 92.8 cm³/mol. The van der Waals surface area contributed by atoms with Gasteiger partial charge in [-0.3, -0.25) is 9.59 Å². The second kappa shape index (κ2) is 7.59. The van der Waals surface area contributed by atoms with Crippen LogP contribution < -0.4 is 5.56 Å². The molecule has 0 aliphatic carbocycles. The van der Waals surface area contributed by atoms with Crippen molar-refractivity contribution in [2.75, 3.05) is 13.1 Å². The van der Waals surface area contributed by atoms with Crippen LogP contribution in [0.5, 0.6) is 0 Å². The average molecular weight is 343 g/mol. The Kier molecular flexibility index (Phi) is 5.26. The smallest absolute Gasteiger partial charge is 0.274 e. The Balaban J connectivity index is 1.61. The van der Waals surface area contributed by atoms with Crippen LogP contribution in [-0.4, -0.2) is 33.7 Å². The lowest BCUT2D eigenvalue weighted by molar-refractivity contribution is 0.0660. The van der Waals surface area contributed by atoms with E-state index < -0.39 is 0 Å². The number of hydrogen-bond acceptors (Lipinski definition) is 3. The highest BCUT2D eigenvalue weighted by Gasteiger charge is 2.25. The lowest BCUT2D eigenvalue weighted by atomic mass is 9.91. The second-order valence-corrected chi connectivity index (χ2v) is 6.61. The fourth-order valence-electron chi connectivity index (χ4n) is 3.33. The first kappa shape index (κ1) is 17.3. The number of nitrogens with zero attached hydrogens (tertiary/aromatic N) is 3. The summed E-state index contributed by atoms with van der Waals surface area (Å²) >= 11 is 0. The molecule has 25 heavy (non-hydrogen) atoms. The summed E-state index contributed by atoms with van der Waals surface area (Å²) in [5.41, 5.74) is 1.05. The van der Waals surface area contributed by atoms with Crippen molar-refractivity contribution in [3.8, 4) is 0 Å². The van der Waals surface area contributed by atoms with E-state index in [1.165, 1.54) is 29.9 Å². The minimum atomic E-state index is -0.233. The van der Waals surface area contributed by atoms with Crippen molar-refractivity contribution < 1.29 is 9.18 Å². The van der Waals surface area contributed by atoms with Gasteiger partial charge in [-0.1, -0.05) is 12.1 Å². The molecule has 5 nitrogen and oxygen atoms in total. The largest absolute Gasteiger partial charge is 0.337 e. The number of aromatic nitrogens is 2. The maximum Gasteiger partial charge on any atom is 0.274 e. The molecule has 1 fully saturated rings. The summed E-state index contributed by atoms with van der Waals surface area (Å²) in [4.78, 5) is 25.9. The molecule has 6 heteroatoms. The number of piperidine rings is 1. The van der Waals surface area contributed by atoms with Crippen LogP contribution in [0.3, 0.4) is 0 Å². The van der Waals surface area contributed by atoms with Crippen LogP contribution in [0.15, 0.2) is 41.2 Å². The van der Waals surface area contributed by atoms with E-state index in [1.807, 2.05) is 11.0 Å². The normalized spacial score (nSPS) is 17.5. The zero-order chi connectivity index (χ0) is 17.8. The molecule has 1 atom stereocenters. The van der Waals surface area contributed by atoms with E-state index >= 15 is 0 Å². The second-order valence-electron chi connectivity index (χ2n) is 6.61. The monoisotopic (exact) mass is 343 g/mol. The molecule has 2 aromatic rings. The zero-order valence-electron chi connectivity index (χ0n) is 14.3. The number of hydrogen-bond donors (Lipinski definition) is 0. The number of amides is 1. The van der Waals surface area contributed by atoms with Crippen LogP contribution in [0.4, 0.5) is 4.39 Å². The topological polar surface area (TPSA) is 55.2 Å². The predicted octanol–water partition coefficient (Wildman–Crippen LogP) is 2.40. The minimum absolute atomic E-state index is 0.133. The van der Waals surface area contributed by atoms with Crippen molar-refractivity contribution in [1.82, 2.24) is 14.7 Å². The van der Waals surface area contributed by atoms with Crippen molar-refractivity contribution in [2.45, 2.75) is 25.7 Å². The van der Waals surface area contributed by atoms with E-state index in [1.54, 1.807) is 12.1 Å². The molecule has 1 amide bonds. The molecule has 2 heterocycles. The SMILES string of the molecule is Cn1nc(C(=O)N2CCC[C@@H](CCc3cccc(F)c3)C2)ccc1=O. The van der Waals surface area contributed by atoms with E-state index in [2.05, 4.69) is 5.10 Å². The van der Waals surface area contributed by atoms with Gasteiger partial charge in [0.15, 0.2) is 0 Å². The highest BCUT2D eigenvalue weighted by Crippen LogP contribution is 2.22. The quantitative estimate of drug-likeness (QED) is 0.857. The molecule has 1 aliphatic rings. The van der Waals surface area contributed by atoms with E-state index in [0.717, 1.165) is 31.2 Å². The Morgan fingerprint density at radius 1 is 1.32 bits per heavy atom. The number of carbonyl (C=O) groups is 1. The number of aryl methyl sites for hydroxylation is 2. The molecule has 0 spiro atoms.